The summed E-state index contributed by atoms with van der Waals surface area (Å²) in [6, 6.07) is 7.39. The topological polar surface area (TPSA) is 70.1 Å². The van der Waals surface area contributed by atoms with E-state index in [0.717, 1.165) is 42.5 Å². The first-order valence-corrected chi connectivity index (χ1v) is 7.70. The Kier molecular flexibility index (Phi) is 4.24. The van der Waals surface area contributed by atoms with Crippen molar-refractivity contribution in [3.8, 4) is 0 Å². The van der Waals surface area contributed by atoms with Gasteiger partial charge in [-0.2, -0.15) is 10.2 Å². The standard InChI is InChI=1S/C16H17ClN4O/c1-10(11-6-2-4-8-13(11)17)18-21-16(22)15-12-7-3-5-9-14(12)19-20-15/h2,4,6,8H,3,5,7,9H2,1H3,(H,19,20)(H,21,22)/b18-10+. The van der Waals surface area contributed by atoms with Gasteiger partial charge in [0, 0.05) is 21.8 Å². The molecule has 0 bridgehead atoms. The number of nitrogens with zero attached hydrogens (tertiary/aromatic N) is 2. The van der Waals surface area contributed by atoms with Crippen LogP contribution in [0.4, 0.5) is 0 Å². The molecule has 0 radical (unpaired) electrons. The molecule has 0 spiro atoms. The molecule has 6 heteroatoms. The summed E-state index contributed by atoms with van der Waals surface area (Å²) >= 11 is 6.12. The second-order valence-electron chi connectivity index (χ2n) is 5.35. The van der Waals surface area contributed by atoms with Crippen LogP contribution in [0.25, 0.3) is 0 Å². The number of fused-ring (bicyclic) bond motifs is 1. The van der Waals surface area contributed by atoms with Gasteiger partial charge >= 0.3 is 0 Å². The number of halogens is 1. The molecule has 2 N–H and O–H groups in total. The van der Waals surface area contributed by atoms with Gasteiger partial charge in [0.1, 0.15) is 0 Å². The summed E-state index contributed by atoms with van der Waals surface area (Å²) in [4.78, 5) is 12.3. The Morgan fingerprint density at radius 2 is 2.09 bits per heavy atom. The molecule has 0 unspecified atom stereocenters. The number of benzene rings is 1. The lowest BCUT2D eigenvalue weighted by atomic mass is 9.96. The molecule has 0 atom stereocenters. The highest BCUT2D eigenvalue weighted by atomic mass is 35.5. The maximum Gasteiger partial charge on any atom is 0.292 e. The van der Waals surface area contributed by atoms with Crippen LogP contribution < -0.4 is 5.43 Å². The van der Waals surface area contributed by atoms with E-state index in [1.165, 1.54) is 0 Å². The van der Waals surface area contributed by atoms with Crippen molar-refractivity contribution in [2.45, 2.75) is 32.6 Å². The first kappa shape index (κ1) is 14.8. The lowest BCUT2D eigenvalue weighted by Crippen LogP contribution is -2.21. The third kappa shape index (κ3) is 2.90. The van der Waals surface area contributed by atoms with E-state index in [9.17, 15) is 4.79 Å². The van der Waals surface area contributed by atoms with Crippen LogP contribution in [-0.2, 0) is 12.8 Å². The molecular weight excluding hydrogens is 300 g/mol. The van der Waals surface area contributed by atoms with Gasteiger partial charge in [0.25, 0.3) is 5.91 Å². The molecule has 5 nitrogen and oxygen atoms in total. The average Bonchev–Trinajstić information content (AvgIpc) is 2.97. The quantitative estimate of drug-likeness (QED) is 0.674. The van der Waals surface area contributed by atoms with E-state index in [2.05, 4.69) is 20.7 Å². The molecule has 0 saturated carbocycles. The van der Waals surface area contributed by atoms with E-state index in [1.807, 2.05) is 25.1 Å². The number of amides is 1. The molecular formula is C16H17ClN4O. The van der Waals surface area contributed by atoms with E-state index >= 15 is 0 Å². The molecule has 22 heavy (non-hydrogen) atoms. The van der Waals surface area contributed by atoms with Crippen LogP contribution in [-0.4, -0.2) is 21.8 Å². The fourth-order valence-corrected chi connectivity index (χ4v) is 2.94. The molecule has 0 saturated heterocycles. The Morgan fingerprint density at radius 1 is 1.32 bits per heavy atom. The molecule has 1 aliphatic rings. The smallest absolute Gasteiger partial charge is 0.281 e. The second kappa shape index (κ2) is 6.32. The highest BCUT2D eigenvalue weighted by Crippen LogP contribution is 2.22. The largest absolute Gasteiger partial charge is 0.292 e. The number of carbonyl (C=O) groups is 1. The number of hydrogen-bond acceptors (Lipinski definition) is 3. The van der Waals surface area contributed by atoms with Gasteiger partial charge in [-0.05, 0) is 38.7 Å². The SMILES string of the molecule is C/C(=N\NC(=O)c1n[nH]c2c1CCCC2)c1ccccc1Cl. The predicted octanol–water partition coefficient (Wildman–Crippen LogP) is 3.10. The van der Waals surface area contributed by atoms with Gasteiger partial charge < -0.3 is 0 Å². The third-order valence-corrected chi connectivity index (χ3v) is 4.19. The van der Waals surface area contributed by atoms with E-state index in [4.69, 9.17) is 11.6 Å². The van der Waals surface area contributed by atoms with Gasteiger partial charge in [0.2, 0.25) is 0 Å². The summed E-state index contributed by atoms with van der Waals surface area (Å²) in [5, 5.41) is 11.8. The summed E-state index contributed by atoms with van der Waals surface area (Å²) in [5.41, 5.74) is 6.57. The van der Waals surface area contributed by atoms with Crippen molar-refractivity contribution in [1.82, 2.24) is 15.6 Å². The van der Waals surface area contributed by atoms with Crippen molar-refractivity contribution in [2.75, 3.05) is 0 Å². The molecule has 114 valence electrons. The summed E-state index contributed by atoms with van der Waals surface area (Å²) in [7, 11) is 0. The van der Waals surface area contributed by atoms with Gasteiger partial charge in [-0.3, -0.25) is 9.89 Å². The first-order chi connectivity index (χ1) is 10.7. The molecule has 1 amide bonds. The van der Waals surface area contributed by atoms with Crippen molar-refractivity contribution in [3.05, 3.63) is 51.8 Å². The van der Waals surface area contributed by atoms with Crippen LogP contribution in [0.3, 0.4) is 0 Å². The summed E-state index contributed by atoms with van der Waals surface area (Å²) in [5.74, 6) is -0.286. The van der Waals surface area contributed by atoms with E-state index in [0.29, 0.717) is 16.4 Å². The normalized spacial score (nSPS) is 14.5. The second-order valence-corrected chi connectivity index (χ2v) is 5.76. The monoisotopic (exact) mass is 316 g/mol. The Hall–Kier alpha value is -2.14. The Balaban J connectivity index is 1.76. The van der Waals surface area contributed by atoms with Crippen LogP contribution in [0.5, 0.6) is 0 Å². The lowest BCUT2D eigenvalue weighted by molar-refractivity contribution is 0.0949. The average molecular weight is 317 g/mol. The van der Waals surface area contributed by atoms with Crippen molar-refractivity contribution in [2.24, 2.45) is 5.10 Å². The summed E-state index contributed by atoms with van der Waals surface area (Å²) in [6.07, 6.45) is 4.08. The molecule has 1 aromatic carbocycles. The van der Waals surface area contributed by atoms with Crippen LogP contribution in [0.15, 0.2) is 29.4 Å². The minimum Gasteiger partial charge on any atom is -0.281 e. The Labute approximate surface area is 133 Å². The first-order valence-electron chi connectivity index (χ1n) is 7.32. The van der Waals surface area contributed by atoms with Gasteiger partial charge in [-0.15, -0.1) is 0 Å². The molecule has 1 heterocycles. The van der Waals surface area contributed by atoms with Gasteiger partial charge in [-0.25, -0.2) is 5.43 Å². The number of aryl methyl sites for hydroxylation is 1. The van der Waals surface area contributed by atoms with Crippen LogP contribution in [0, 0.1) is 0 Å². The number of hydrazone groups is 1. The number of rotatable bonds is 3. The highest BCUT2D eigenvalue weighted by Gasteiger charge is 2.21. The number of aromatic nitrogens is 2. The zero-order chi connectivity index (χ0) is 15.5. The fraction of sp³-hybridized carbons (Fsp3) is 0.312. The van der Waals surface area contributed by atoms with Crippen molar-refractivity contribution in [3.63, 3.8) is 0 Å². The third-order valence-electron chi connectivity index (χ3n) is 3.86. The van der Waals surface area contributed by atoms with E-state index in [1.54, 1.807) is 6.07 Å². The van der Waals surface area contributed by atoms with Crippen molar-refractivity contribution < 1.29 is 4.79 Å². The predicted molar refractivity (Wildman–Crippen MR) is 86.4 cm³/mol. The van der Waals surface area contributed by atoms with Crippen molar-refractivity contribution in [1.29, 1.82) is 0 Å². The van der Waals surface area contributed by atoms with E-state index < -0.39 is 0 Å². The lowest BCUT2D eigenvalue weighted by Gasteiger charge is -2.10. The number of nitrogens with one attached hydrogen (secondary N) is 2. The van der Waals surface area contributed by atoms with Crippen LogP contribution >= 0.6 is 11.6 Å². The van der Waals surface area contributed by atoms with Crippen LogP contribution in [0.1, 0.15) is 47.1 Å². The summed E-state index contributed by atoms with van der Waals surface area (Å²) < 4.78 is 0. The maximum atomic E-state index is 12.3. The molecule has 1 aliphatic carbocycles. The molecule has 0 aliphatic heterocycles. The molecule has 1 aromatic heterocycles. The van der Waals surface area contributed by atoms with E-state index in [-0.39, 0.29) is 5.91 Å². The fourth-order valence-electron chi connectivity index (χ4n) is 2.67. The number of carbonyl (C=O) groups excluding carboxylic acids is 1. The minimum absolute atomic E-state index is 0.286. The Bertz CT molecular complexity index is 735. The molecule has 3 rings (SSSR count). The number of H-pyrrole nitrogens is 1. The van der Waals surface area contributed by atoms with Gasteiger partial charge in [-0.1, -0.05) is 29.8 Å². The zero-order valence-corrected chi connectivity index (χ0v) is 13.1. The Morgan fingerprint density at radius 3 is 2.91 bits per heavy atom. The number of aromatic amines is 1. The highest BCUT2D eigenvalue weighted by molar-refractivity contribution is 6.34. The summed E-state index contributed by atoms with van der Waals surface area (Å²) in [6.45, 7) is 1.81. The maximum absolute atomic E-state index is 12.3. The number of hydrogen-bond donors (Lipinski definition) is 2. The van der Waals surface area contributed by atoms with Crippen molar-refractivity contribution >= 4 is 23.2 Å². The molecule has 0 fully saturated rings. The zero-order valence-electron chi connectivity index (χ0n) is 12.3. The van der Waals surface area contributed by atoms with Gasteiger partial charge in [0.05, 0.1) is 5.71 Å². The van der Waals surface area contributed by atoms with Gasteiger partial charge in [0.15, 0.2) is 5.69 Å². The molecule has 2 aromatic rings. The van der Waals surface area contributed by atoms with Crippen LogP contribution in [0.2, 0.25) is 5.02 Å². The minimum atomic E-state index is -0.286.